The minimum atomic E-state index is -0.392. The zero-order valence-electron chi connectivity index (χ0n) is 9.22. The van der Waals surface area contributed by atoms with E-state index in [1.807, 2.05) is 6.92 Å². The molecule has 0 aliphatic carbocycles. The lowest BCUT2D eigenvalue weighted by molar-refractivity contribution is -0.117. The fourth-order valence-corrected chi connectivity index (χ4v) is 1.86. The van der Waals surface area contributed by atoms with Crippen LogP contribution in [0.4, 0.5) is 10.1 Å². The first kappa shape index (κ1) is 11.1. The Morgan fingerprint density at radius 1 is 1.56 bits per heavy atom. The van der Waals surface area contributed by atoms with Crippen LogP contribution in [0.2, 0.25) is 0 Å². The topological polar surface area (TPSA) is 41.1 Å². The lowest BCUT2D eigenvalue weighted by Crippen LogP contribution is -2.35. The molecule has 16 heavy (non-hydrogen) atoms. The largest absolute Gasteiger partial charge is 0.322 e. The van der Waals surface area contributed by atoms with E-state index in [4.69, 9.17) is 0 Å². The van der Waals surface area contributed by atoms with Gasteiger partial charge in [0.25, 0.3) is 0 Å². The molecule has 0 bridgehead atoms. The molecule has 1 aromatic rings. The first-order chi connectivity index (χ1) is 7.66. The van der Waals surface area contributed by atoms with E-state index in [-0.39, 0.29) is 17.6 Å². The van der Waals surface area contributed by atoms with E-state index in [0.29, 0.717) is 0 Å². The van der Waals surface area contributed by atoms with Crippen LogP contribution in [0.15, 0.2) is 18.2 Å². The summed E-state index contributed by atoms with van der Waals surface area (Å²) in [5, 5.41) is 5.69. The predicted octanol–water partition coefficient (Wildman–Crippen LogP) is 1.82. The van der Waals surface area contributed by atoms with Crippen molar-refractivity contribution in [2.75, 3.05) is 11.9 Å². The molecular formula is C12H15FN2O. The molecule has 86 valence electrons. The van der Waals surface area contributed by atoms with Crippen LogP contribution in [0.3, 0.4) is 0 Å². The number of anilines is 1. The predicted molar refractivity (Wildman–Crippen MR) is 60.8 cm³/mol. The lowest BCUT2D eigenvalue weighted by Gasteiger charge is -2.12. The van der Waals surface area contributed by atoms with Crippen molar-refractivity contribution in [1.29, 1.82) is 0 Å². The van der Waals surface area contributed by atoms with Gasteiger partial charge in [-0.15, -0.1) is 0 Å². The molecule has 1 atom stereocenters. The van der Waals surface area contributed by atoms with Crippen LogP contribution in [-0.4, -0.2) is 18.5 Å². The summed E-state index contributed by atoms with van der Waals surface area (Å²) in [4.78, 5) is 11.7. The average Bonchev–Trinajstić information content (AvgIpc) is 2.76. The normalized spacial score (nSPS) is 19.8. The highest BCUT2D eigenvalue weighted by molar-refractivity contribution is 5.95. The number of carbonyl (C=O) groups is 1. The van der Waals surface area contributed by atoms with Gasteiger partial charge in [0.05, 0.1) is 11.7 Å². The Hall–Kier alpha value is -1.42. The van der Waals surface area contributed by atoms with Crippen molar-refractivity contribution in [2.24, 2.45) is 0 Å². The van der Waals surface area contributed by atoms with Crippen molar-refractivity contribution >= 4 is 11.6 Å². The number of benzene rings is 1. The fourth-order valence-electron chi connectivity index (χ4n) is 1.86. The number of nitrogens with one attached hydrogen (secondary N) is 2. The molecule has 1 aromatic carbocycles. The van der Waals surface area contributed by atoms with Gasteiger partial charge in [0.15, 0.2) is 0 Å². The molecule has 0 radical (unpaired) electrons. The Bertz CT molecular complexity index is 400. The van der Waals surface area contributed by atoms with Crippen molar-refractivity contribution in [1.82, 2.24) is 5.32 Å². The highest BCUT2D eigenvalue weighted by Crippen LogP contribution is 2.17. The Balaban J connectivity index is 2.07. The quantitative estimate of drug-likeness (QED) is 0.801. The van der Waals surface area contributed by atoms with Crippen LogP contribution in [0.25, 0.3) is 0 Å². The zero-order valence-corrected chi connectivity index (χ0v) is 9.22. The second-order valence-electron chi connectivity index (χ2n) is 4.12. The molecule has 1 aliphatic heterocycles. The van der Waals surface area contributed by atoms with E-state index < -0.39 is 5.82 Å². The Labute approximate surface area is 94.0 Å². The molecule has 1 heterocycles. The third kappa shape index (κ3) is 2.39. The molecule has 3 nitrogen and oxygen atoms in total. The summed E-state index contributed by atoms with van der Waals surface area (Å²) in [6.45, 7) is 2.72. The van der Waals surface area contributed by atoms with E-state index >= 15 is 0 Å². The monoisotopic (exact) mass is 222 g/mol. The van der Waals surface area contributed by atoms with Crippen molar-refractivity contribution in [3.05, 3.63) is 29.6 Å². The minimum absolute atomic E-state index is 0.151. The number of hydrogen-bond acceptors (Lipinski definition) is 2. The molecule has 1 aliphatic rings. The average molecular weight is 222 g/mol. The van der Waals surface area contributed by atoms with E-state index in [2.05, 4.69) is 10.6 Å². The maximum Gasteiger partial charge on any atom is 0.241 e. The molecular weight excluding hydrogens is 207 g/mol. The lowest BCUT2D eigenvalue weighted by atomic mass is 10.2. The Morgan fingerprint density at radius 2 is 2.38 bits per heavy atom. The van der Waals surface area contributed by atoms with Crippen molar-refractivity contribution < 1.29 is 9.18 Å². The van der Waals surface area contributed by atoms with Gasteiger partial charge in [-0.05, 0) is 44.0 Å². The van der Waals surface area contributed by atoms with E-state index in [1.165, 1.54) is 6.07 Å². The molecule has 2 N–H and O–H groups in total. The Kier molecular flexibility index (Phi) is 3.19. The van der Waals surface area contributed by atoms with Gasteiger partial charge in [-0.1, -0.05) is 6.07 Å². The molecule has 2 rings (SSSR count). The smallest absolute Gasteiger partial charge is 0.241 e. The number of halogens is 1. The van der Waals surface area contributed by atoms with Crippen LogP contribution >= 0.6 is 0 Å². The number of hydrogen-bond donors (Lipinski definition) is 2. The van der Waals surface area contributed by atoms with Crippen LogP contribution in [0.1, 0.15) is 18.4 Å². The molecule has 1 amide bonds. The third-order valence-corrected chi connectivity index (χ3v) is 2.76. The number of carbonyl (C=O) groups excluding carboxylic acids is 1. The molecule has 1 saturated heterocycles. The summed E-state index contributed by atoms with van der Waals surface area (Å²) >= 11 is 0. The van der Waals surface area contributed by atoms with Gasteiger partial charge >= 0.3 is 0 Å². The zero-order chi connectivity index (χ0) is 11.5. The van der Waals surface area contributed by atoms with E-state index in [9.17, 15) is 9.18 Å². The molecule has 4 heteroatoms. The molecule has 0 spiro atoms. The summed E-state index contributed by atoms with van der Waals surface area (Å²) in [6, 6.07) is 4.51. The van der Waals surface area contributed by atoms with Gasteiger partial charge in [-0.25, -0.2) is 4.39 Å². The minimum Gasteiger partial charge on any atom is -0.322 e. The van der Waals surface area contributed by atoms with Crippen molar-refractivity contribution in [2.45, 2.75) is 25.8 Å². The second-order valence-corrected chi connectivity index (χ2v) is 4.12. The summed E-state index contributed by atoms with van der Waals surface area (Å²) < 4.78 is 13.4. The fraction of sp³-hybridized carbons (Fsp3) is 0.417. The maximum atomic E-state index is 13.4. The van der Waals surface area contributed by atoms with Gasteiger partial charge < -0.3 is 10.6 Å². The van der Waals surface area contributed by atoms with Crippen molar-refractivity contribution in [3.63, 3.8) is 0 Å². The van der Waals surface area contributed by atoms with Gasteiger partial charge in [-0.3, -0.25) is 4.79 Å². The standard InChI is InChI=1S/C12H15FN2O/c1-8-4-5-9(13)11(7-8)15-12(16)10-3-2-6-14-10/h4-5,7,10,14H,2-3,6H2,1H3,(H,15,16)/t10-/m1/s1. The number of aryl methyl sites for hydroxylation is 1. The SMILES string of the molecule is Cc1ccc(F)c(NC(=O)[C@H]2CCCN2)c1. The van der Waals surface area contributed by atoms with Gasteiger partial charge in [0.1, 0.15) is 5.82 Å². The summed E-state index contributed by atoms with van der Waals surface area (Å²) in [5.74, 6) is -0.543. The van der Waals surface area contributed by atoms with Crippen LogP contribution in [0, 0.1) is 12.7 Å². The third-order valence-electron chi connectivity index (χ3n) is 2.76. The number of rotatable bonds is 2. The molecule has 0 saturated carbocycles. The van der Waals surface area contributed by atoms with E-state index in [0.717, 1.165) is 24.9 Å². The highest BCUT2D eigenvalue weighted by atomic mass is 19.1. The van der Waals surface area contributed by atoms with Crippen LogP contribution < -0.4 is 10.6 Å². The Morgan fingerprint density at radius 3 is 3.06 bits per heavy atom. The van der Waals surface area contributed by atoms with E-state index in [1.54, 1.807) is 12.1 Å². The molecule has 0 unspecified atom stereocenters. The highest BCUT2D eigenvalue weighted by Gasteiger charge is 2.22. The van der Waals surface area contributed by atoms with Gasteiger partial charge in [0, 0.05) is 0 Å². The maximum absolute atomic E-state index is 13.4. The summed E-state index contributed by atoms with van der Waals surface area (Å²) in [6.07, 6.45) is 1.81. The second kappa shape index (κ2) is 4.61. The molecule has 0 aromatic heterocycles. The van der Waals surface area contributed by atoms with Gasteiger partial charge in [0.2, 0.25) is 5.91 Å². The summed E-state index contributed by atoms with van der Waals surface area (Å²) in [5.41, 5.74) is 1.19. The molecule has 1 fully saturated rings. The van der Waals surface area contributed by atoms with Crippen molar-refractivity contribution in [3.8, 4) is 0 Å². The first-order valence-corrected chi connectivity index (χ1v) is 5.47. The van der Waals surface area contributed by atoms with Crippen LogP contribution in [0.5, 0.6) is 0 Å². The number of amides is 1. The first-order valence-electron chi connectivity index (χ1n) is 5.47. The van der Waals surface area contributed by atoms with Crippen LogP contribution in [-0.2, 0) is 4.79 Å². The summed E-state index contributed by atoms with van der Waals surface area (Å²) in [7, 11) is 0. The van der Waals surface area contributed by atoms with Gasteiger partial charge in [-0.2, -0.15) is 0 Å².